The van der Waals surface area contributed by atoms with E-state index < -0.39 is 0 Å². The molecule has 1 aliphatic rings. The lowest BCUT2D eigenvalue weighted by molar-refractivity contribution is 0.518. The van der Waals surface area contributed by atoms with Crippen molar-refractivity contribution in [1.29, 1.82) is 0 Å². The summed E-state index contributed by atoms with van der Waals surface area (Å²) < 4.78 is 15.4. The van der Waals surface area contributed by atoms with Gasteiger partial charge in [0.2, 0.25) is 0 Å². The molecule has 0 amide bonds. The highest BCUT2D eigenvalue weighted by Gasteiger charge is 2.15. The first kappa shape index (κ1) is 16.7. The molecule has 0 bridgehead atoms. The third-order valence-electron chi connectivity index (χ3n) is 4.02. The van der Waals surface area contributed by atoms with Crippen LogP contribution in [0.5, 0.6) is 0 Å². The van der Waals surface area contributed by atoms with Crippen molar-refractivity contribution in [2.75, 3.05) is 20.1 Å². The van der Waals surface area contributed by atoms with Crippen LogP contribution in [0.2, 0.25) is 0 Å². The minimum absolute atomic E-state index is 0.0622. The Hall–Kier alpha value is -2.19. The van der Waals surface area contributed by atoms with Crippen molar-refractivity contribution in [2.45, 2.75) is 19.5 Å². The number of nitrogens with zero attached hydrogens (tertiary/aromatic N) is 4. The quantitative estimate of drug-likeness (QED) is 0.861. The number of hydrogen-bond donors (Lipinski definition) is 1. The maximum atomic E-state index is 12.6. The second kappa shape index (κ2) is 7.14. The van der Waals surface area contributed by atoms with Crippen LogP contribution in [0.3, 0.4) is 0 Å². The lowest BCUT2D eigenvalue weighted by atomic mass is 10.3. The first-order valence-corrected chi connectivity index (χ1v) is 8.55. The van der Waals surface area contributed by atoms with Crippen molar-refractivity contribution in [2.24, 2.45) is 5.73 Å². The fourth-order valence-electron chi connectivity index (χ4n) is 2.65. The molecule has 128 valence electrons. The van der Waals surface area contributed by atoms with Gasteiger partial charge in [-0.05, 0) is 24.1 Å². The summed E-state index contributed by atoms with van der Waals surface area (Å²) >= 11 is 1.67. The molecule has 2 aromatic heterocycles. The largest absolute Gasteiger partial charge is 0.373 e. The summed E-state index contributed by atoms with van der Waals surface area (Å²) in [5.74, 6) is 0. The van der Waals surface area contributed by atoms with Crippen LogP contribution in [-0.4, -0.2) is 39.4 Å². The molecule has 0 aromatic carbocycles. The van der Waals surface area contributed by atoms with Gasteiger partial charge in [0.15, 0.2) is 0 Å². The van der Waals surface area contributed by atoms with Gasteiger partial charge >= 0.3 is 5.69 Å². The summed E-state index contributed by atoms with van der Waals surface area (Å²) in [6.45, 7) is 1.64. The molecule has 0 fully saturated rings. The van der Waals surface area contributed by atoms with Gasteiger partial charge < -0.3 is 10.6 Å². The molecule has 0 unspecified atom stereocenters. The fourth-order valence-corrected chi connectivity index (χ4v) is 3.75. The van der Waals surface area contributed by atoms with Crippen LogP contribution in [0.15, 0.2) is 41.2 Å². The highest BCUT2D eigenvalue weighted by Crippen LogP contribution is 2.29. The minimum Gasteiger partial charge on any atom is -0.373 e. The second-order valence-corrected chi connectivity index (χ2v) is 6.90. The highest BCUT2D eigenvalue weighted by molar-refractivity contribution is 7.13. The second-order valence-electron chi connectivity index (χ2n) is 5.74. The molecule has 2 aromatic rings. The van der Waals surface area contributed by atoms with Gasteiger partial charge in [-0.3, -0.25) is 4.57 Å². The summed E-state index contributed by atoms with van der Waals surface area (Å²) in [7, 11) is 2.08. The van der Waals surface area contributed by atoms with Crippen LogP contribution in [0.25, 0.3) is 5.70 Å². The predicted octanol–water partition coefficient (Wildman–Crippen LogP) is 1.64. The summed E-state index contributed by atoms with van der Waals surface area (Å²) in [6, 6.07) is 4.12. The molecule has 0 aliphatic carbocycles. The number of rotatable bonds is 6. The summed E-state index contributed by atoms with van der Waals surface area (Å²) in [5, 5.41) is 4.03. The maximum absolute atomic E-state index is 12.6. The normalized spacial score (nSPS) is 15.2. The molecule has 0 atom stereocenters. The Morgan fingerprint density at radius 3 is 3.00 bits per heavy atom. The van der Waals surface area contributed by atoms with Crippen LogP contribution in [-0.2, 0) is 13.1 Å². The van der Waals surface area contributed by atoms with Crippen LogP contribution >= 0.6 is 11.3 Å². The Labute approximate surface area is 143 Å². The molecule has 8 heteroatoms. The molecule has 0 saturated heterocycles. The first-order valence-electron chi connectivity index (χ1n) is 7.73. The Morgan fingerprint density at radius 1 is 1.50 bits per heavy atom. The molecule has 3 rings (SSSR count). The Kier molecular flexibility index (Phi) is 4.96. The fraction of sp³-hybridized carbons (Fsp3) is 0.375. The molecule has 2 N–H and O–H groups in total. The molecule has 24 heavy (non-hydrogen) atoms. The number of aromatic nitrogens is 3. The number of hydrogen-bond acceptors (Lipinski definition) is 5. The Bertz CT molecular complexity index is 832. The van der Waals surface area contributed by atoms with Gasteiger partial charge in [-0.1, -0.05) is 6.08 Å². The topological polar surface area (TPSA) is 69.1 Å². The van der Waals surface area contributed by atoms with Crippen molar-refractivity contribution in [3.05, 3.63) is 56.7 Å². The minimum atomic E-state index is -0.269. The summed E-state index contributed by atoms with van der Waals surface area (Å²) in [5.41, 5.74) is 6.73. The smallest absolute Gasteiger partial charge is 0.346 e. The zero-order valence-corrected chi connectivity index (χ0v) is 14.3. The van der Waals surface area contributed by atoms with Gasteiger partial charge in [0.25, 0.3) is 0 Å². The summed E-state index contributed by atoms with van der Waals surface area (Å²) in [6.07, 6.45) is 5.21. The van der Waals surface area contributed by atoms with E-state index >= 15 is 0 Å². The van der Waals surface area contributed by atoms with Gasteiger partial charge in [-0.15, -0.1) is 11.3 Å². The van der Waals surface area contributed by atoms with E-state index in [4.69, 9.17) is 5.73 Å². The van der Waals surface area contributed by atoms with Gasteiger partial charge in [0.05, 0.1) is 24.3 Å². The SMILES string of the molecule is CN1CCC=C1c1ccc(Cn2cnn(C/C(=C/F)CN)c2=O)s1. The zero-order chi connectivity index (χ0) is 17.1. The molecule has 0 radical (unpaired) electrons. The Balaban J connectivity index is 1.74. The van der Waals surface area contributed by atoms with Gasteiger partial charge in [-0.25, -0.2) is 13.9 Å². The zero-order valence-electron chi connectivity index (χ0n) is 13.5. The van der Waals surface area contributed by atoms with E-state index in [1.807, 2.05) is 6.07 Å². The highest BCUT2D eigenvalue weighted by atomic mass is 32.1. The maximum Gasteiger partial charge on any atom is 0.346 e. The van der Waals surface area contributed by atoms with Crippen molar-refractivity contribution in [3.63, 3.8) is 0 Å². The predicted molar refractivity (Wildman–Crippen MR) is 93.4 cm³/mol. The van der Waals surface area contributed by atoms with Gasteiger partial charge in [0.1, 0.15) is 6.33 Å². The van der Waals surface area contributed by atoms with E-state index in [0.717, 1.165) is 17.8 Å². The third kappa shape index (κ3) is 3.34. The molecule has 3 heterocycles. The average molecular weight is 349 g/mol. The van der Waals surface area contributed by atoms with E-state index in [9.17, 15) is 9.18 Å². The van der Waals surface area contributed by atoms with Gasteiger partial charge in [-0.2, -0.15) is 5.10 Å². The third-order valence-corrected chi connectivity index (χ3v) is 5.11. The van der Waals surface area contributed by atoms with Crippen molar-refractivity contribution in [3.8, 4) is 0 Å². The monoisotopic (exact) mass is 349 g/mol. The molecule has 6 nitrogen and oxygen atoms in total. The average Bonchev–Trinajstić information content (AvgIpc) is 3.28. The lowest BCUT2D eigenvalue weighted by Crippen LogP contribution is -2.26. The molecule has 0 spiro atoms. The van der Waals surface area contributed by atoms with Crippen molar-refractivity contribution < 1.29 is 4.39 Å². The molecule has 0 saturated carbocycles. The molecular formula is C16H20FN5OS. The van der Waals surface area contributed by atoms with E-state index in [0.29, 0.717) is 18.4 Å². The van der Waals surface area contributed by atoms with Crippen LogP contribution in [0, 0.1) is 0 Å². The van der Waals surface area contributed by atoms with E-state index in [-0.39, 0.29) is 18.8 Å². The van der Waals surface area contributed by atoms with Crippen molar-refractivity contribution in [1.82, 2.24) is 19.2 Å². The first-order chi connectivity index (χ1) is 11.6. The number of nitrogens with two attached hydrogens (primary N) is 1. The summed E-state index contributed by atoms with van der Waals surface area (Å²) in [4.78, 5) is 16.8. The van der Waals surface area contributed by atoms with E-state index in [1.54, 1.807) is 11.3 Å². The van der Waals surface area contributed by atoms with E-state index in [1.165, 1.54) is 26.2 Å². The van der Waals surface area contributed by atoms with Gasteiger partial charge in [0, 0.05) is 30.7 Å². The Morgan fingerprint density at radius 2 is 2.33 bits per heavy atom. The standard InChI is InChI=1S/C16H20FN5OS/c1-20-6-2-3-14(20)15-5-4-13(24-15)10-21-11-19-22(16(21)23)9-12(7-17)8-18/h3-5,7,11H,2,6,8-10,18H2,1H3/b12-7+. The molecule has 1 aliphatic heterocycles. The van der Waals surface area contributed by atoms with Crippen LogP contribution in [0.4, 0.5) is 4.39 Å². The van der Waals surface area contributed by atoms with Crippen LogP contribution in [0.1, 0.15) is 16.2 Å². The lowest BCUT2D eigenvalue weighted by Gasteiger charge is -2.14. The van der Waals surface area contributed by atoms with Crippen LogP contribution < -0.4 is 11.4 Å². The molecular weight excluding hydrogens is 329 g/mol. The van der Waals surface area contributed by atoms with Crippen molar-refractivity contribution >= 4 is 17.0 Å². The number of halogens is 1. The van der Waals surface area contributed by atoms with E-state index in [2.05, 4.69) is 29.2 Å². The number of thiophene rings is 1.